The quantitative estimate of drug-likeness (QED) is 0.637. The minimum Gasteiger partial charge on any atom is -0.398 e. The molecule has 3 N–H and O–H groups in total. The summed E-state index contributed by atoms with van der Waals surface area (Å²) in [5.41, 5.74) is 6.45. The number of hydrogen-bond donors (Lipinski definition) is 2. The fourth-order valence-electron chi connectivity index (χ4n) is 1.45. The number of anilines is 1. The smallest absolute Gasteiger partial charge is 0.254 e. The van der Waals surface area contributed by atoms with Gasteiger partial charge in [-0.3, -0.25) is 4.79 Å². The summed E-state index contributed by atoms with van der Waals surface area (Å²) >= 11 is 5.82. The molecule has 90 valence electrons. The second kappa shape index (κ2) is 6.17. The third-order valence-corrected chi connectivity index (χ3v) is 2.58. The number of nitrogens with one attached hydrogen (secondary N) is 1. The van der Waals surface area contributed by atoms with Crippen LogP contribution in [0.25, 0.3) is 0 Å². The monoisotopic (exact) mass is 250 g/mol. The van der Waals surface area contributed by atoms with Crippen molar-refractivity contribution in [3.63, 3.8) is 0 Å². The number of nitrogens with two attached hydrogens (primary N) is 1. The van der Waals surface area contributed by atoms with Crippen LogP contribution < -0.4 is 11.1 Å². The molecule has 0 heterocycles. The number of halogens is 1. The topological polar surface area (TPSA) is 55.1 Å². The first-order valence-electron chi connectivity index (χ1n) is 5.40. The largest absolute Gasteiger partial charge is 0.398 e. The van der Waals surface area contributed by atoms with E-state index in [0.717, 1.165) is 12.8 Å². The standard InChI is InChI=1S/C13H15ClN2O/c1-3-5-10(4-2)16-13(17)11-8-9(14)6-7-12(11)15/h2,6-8,10H,3,5,15H2,1H3,(H,16,17). The van der Waals surface area contributed by atoms with Crippen molar-refractivity contribution in [2.75, 3.05) is 5.73 Å². The van der Waals surface area contributed by atoms with Crippen LogP contribution in [-0.2, 0) is 0 Å². The van der Waals surface area contributed by atoms with Gasteiger partial charge in [-0.25, -0.2) is 0 Å². The first-order valence-corrected chi connectivity index (χ1v) is 5.78. The maximum atomic E-state index is 11.9. The van der Waals surface area contributed by atoms with Gasteiger partial charge >= 0.3 is 0 Å². The summed E-state index contributed by atoms with van der Waals surface area (Å²) in [5, 5.41) is 3.21. The van der Waals surface area contributed by atoms with E-state index in [4.69, 9.17) is 23.8 Å². The van der Waals surface area contributed by atoms with Crippen LogP contribution in [0.5, 0.6) is 0 Å². The van der Waals surface area contributed by atoms with Crippen LogP contribution in [-0.4, -0.2) is 11.9 Å². The number of terminal acetylenes is 1. The molecule has 0 aliphatic heterocycles. The lowest BCUT2D eigenvalue weighted by molar-refractivity contribution is 0.0945. The van der Waals surface area contributed by atoms with Crippen molar-refractivity contribution in [2.24, 2.45) is 0 Å². The number of benzene rings is 1. The van der Waals surface area contributed by atoms with Crippen LogP contribution in [0.2, 0.25) is 5.02 Å². The Bertz CT molecular complexity index is 451. The van der Waals surface area contributed by atoms with E-state index < -0.39 is 0 Å². The third-order valence-electron chi connectivity index (χ3n) is 2.34. The highest BCUT2D eigenvalue weighted by atomic mass is 35.5. The second-order valence-corrected chi connectivity index (χ2v) is 4.15. The molecule has 17 heavy (non-hydrogen) atoms. The number of amides is 1. The van der Waals surface area contributed by atoms with E-state index in [9.17, 15) is 4.79 Å². The zero-order valence-corrected chi connectivity index (χ0v) is 10.4. The molecule has 0 radical (unpaired) electrons. The molecular formula is C13H15ClN2O. The van der Waals surface area contributed by atoms with E-state index in [1.165, 1.54) is 6.07 Å². The molecule has 1 atom stereocenters. The summed E-state index contributed by atoms with van der Waals surface area (Å²) in [6, 6.07) is 4.50. The van der Waals surface area contributed by atoms with Gasteiger partial charge in [-0.2, -0.15) is 0 Å². The van der Waals surface area contributed by atoms with Gasteiger partial charge in [-0.15, -0.1) is 6.42 Å². The summed E-state index contributed by atoms with van der Waals surface area (Å²) in [5.74, 6) is 2.24. The Kier molecular flexibility index (Phi) is 4.86. The van der Waals surface area contributed by atoms with E-state index in [-0.39, 0.29) is 11.9 Å². The van der Waals surface area contributed by atoms with E-state index in [1.54, 1.807) is 12.1 Å². The lowest BCUT2D eigenvalue weighted by Crippen LogP contribution is -2.34. The van der Waals surface area contributed by atoms with Crippen LogP contribution in [0.15, 0.2) is 18.2 Å². The highest BCUT2D eigenvalue weighted by Crippen LogP contribution is 2.18. The Morgan fingerprint density at radius 1 is 1.65 bits per heavy atom. The predicted molar refractivity (Wildman–Crippen MR) is 70.9 cm³/mol. The molecule has 0 aliphatic carbocycles. The van der Waals surface area contributed by atoms with Crippen molar-refractivity contribution >= 4 is 23.2 Å². The molecule has 0 saturated heterocycles. The molecule has 1 amide bonds. The van der Waals surface area contributed by atoms with Gasteiger partial charge < -0.3 is 11.1 Å². The molecule has 0 saturated carbocycles. The first-order chi connectivity index (χ1) is 8.08. The number of rotatable bonds is 4. The van der Waals surface area contributed by atoms with Gasteiger partial charge in [-0.1, -0.05) is 30.9 Å². The SMILES string of the molecule is C#CC(CCC)NC(=O)c1cc(Cl)ccc1N. The van der Waals surface area contributed by atoms with Crippen molar-refractivity contribution in [1.29, 1.82) is 0 Å². The molecular weight excluding hydrogens is 236 g/mol. The van der Waals surface area contributed by atoms with Crippen LogP contribution >= 0.6 is 11.6 Å². The average Bonchev–Trinajstić information content (AvgIpc) is 2.31. The summed E-state index contributed by atoms with van der Waals surface area (Å²) in [6.45, 7) is 2.00. The predicted octanol–water partition coefficient (Wildman–Crippen LogP) is 2.45. The molecule has 0 bridgehead atoms. The Hall–Kier alpha value is -1.66. The van der Waals surface area contributed by atoms with Gasteiger partial charge in [0.1, 0.15) is 0 Å². The summed E-state index contributed by atoms with van der Waals surface area (Å²) in [4.78, 5) is 11.9. The van der Waals surface area contributed by atoms with Gasteiger partial charge in [0.05, 0.1) is 11.6 Å². The van der Waals surface area contributed by atoms with Crippen LogP contribution in [0.1, 0.15) is 30.1 Å². The van der Waals surface area contributed by atoms with E-state index >= 15 is 0 Å². The minimum absolute atomic E-state index is 0.272. The van der Waals surface area contributed by atoms with Crippen molar-refractivity contribution < 1.29 is 4.79 Å². The van der Waals surface area contributed by atoms with Gasteiger partial charge in [0.15, 0.2) is 0 Å². The van der Waals surface area contributed by atoms with Gasteiger partial charge in [0.25, 0.3) is 5.91 Å². The fraction of sp³-hybridized carbons (Fsp3) is 0.308. The molecule has 4 heteroatoms. The Balaban J connectivity index is 2.83. The molecule has 0 aromatic heterocycles. The molecule has 3 nitrogen and oxygen atoms in total. The lowest BCUT2D eigenvalue weighted by atomic mass is 10.1. The zero-order chi connectivity index (χ0) is 12.8. The van der Waals surface area contributed by atoms with E-state index in [1.807, 2.05) is 6.92 Å². The molecule has 0 aliphatic rings. The maximum Gasteiger partial charge on any atom is 0.254 e. The van der Waals surface area contributed by atoms with Gasteiger partial charge in [0.2, 0.25) is 0 Å². The second-order valence-electron chi connectivity index (χ2n) is 3.71. The van der Waals surface area contributed by atoms with Crippen molar-refractivity contribution in [2.45, 2.75) is 25.8 Å². The summed E-state index contributed by atoms with van der Waals surface area (Å²) in [6.07, 6.45) is 6.97. The number of nitrogen functional groups attached to an aromatic ring is 1. The Labute approximate surface area is 106 Å². The van der Waals surface area contributed by atoms with Crippen LogP contribution in [0, 0.1) is 12.3 Å². The lowest BCUT2D eigenvalue weighted by Gasteiger charge is -2.13. The van der Waals surface area contributed by atoms with Crippen LogP contribution in [0.3, 0.4) is 0 Å². The number of hydrogen-bond acceptors (Lipinski definition) is 2. The highest BCUT2D eigenvalue weighted by Gasteiger charge is 2.13. The van der Waals surface area contributed by atoms with Crippen molar-refractivity contribution in [3.05, 3.63) is 28.8 Å². The molecule has 1 unspecified atom stereocenters. The molecule has 1 aromatic carbocycles. The Morgan fingerprint density at radius 2 is 2.35 bits per heavy atom. The zero-order valence-electron chi connectivity index (χ0n) is 9.66. The average molecular weight is 251 g/mol. The fourth-order valence-corrected chi connectivity index (χ4v) is 1.62. The first kappa shape index (κ1) is 13.4. The third kappa shape index (κ3) is 3.69. The van der Waals surface area contributed by atoms with Gasteiger partial charge in [-0.05, 0) is 24.6 Å². The Morgan fingerprint density at radius 3 is 2.94 bits per heavy atom. The maximum absolute atomic E-state index is 11.9. The van der Waals surface area contributed by atoms with Crippen LogP contribution in [0.4, 0.5) is 5.69 Å². The summed E-state index contributed by atoms with van der Waals surface area (Å²) in [7, 11) is 0. The number of carbonyl (C=O) groups excluding carboxylic acids is 1. The highest BCUT2D eigenvalue weighted by molar-refractivity contribution is 6.31. The number of carbonyl (C=O) groups is 1. The molecule has 1 aromatic rings. The molecule has 0 spiro atoms. The molecule has 1 rings (SSSR count). The summed E-state index contributed by atoms with van der Waals surface area (Å²) < 4.78 is 0. The van der Waals surface area contributed by atoms with Gasteiger partial charge in [0, 0.05) is 10.7 Å². The minimum atomic E-state index is -0.290. The van der Waals surface area contributed by atoms with E-state index in [2.05, 4.69) is 11.2 Å². The van der Waals surface area contributed by atoms with Crippen molar-refractivity contribution in [3.8, 4) is 12.3 Å². The van der Waals surface area contributed by atoms with E-state index in [0.29, 0.717) is 16.3 Å². The van der Waals surface area contributed by atoms with Crippen molar-refractivity contribution in [1.82, 2.24) is 5.32 Å². The molecule has 0 fully saturated rings. The normalized spacial score (nSPS) is 11.6.